The molecule has 11 heavy (non-hydrogen) atoms. The lowest BCUT2D eigenvalue weighted by molar-refractivity contribution is 0.743. The molecule has 2 nitrogen and oxygen atoms in total. The van der Waals surface area contributed by atoms with E-state index in [9.17, 15) is 0 Å². The molecule has 0 bridgehead atoms. The highest BCUT2D eigenvalue weighted by Crippen LogP contribution is 2.17. The van der Waals surface area contributed by atoms with Gasteiger partial charge in [0, 0.05) is 13.3 Å². The molecule has 0 aromatic heterocycles. The molecule has 0 spiro atoms. The number of allylic oxidation sites excluding steroid dienone is 2. The zero-order valence-corrected chi connectivity index (χ0v) is 7.17. The summed E-state index contributed by atoms with van der Waals surface area (Å²) < 4.78 is 0. The second kappa shape index (κ2) is 4.95. The van der Waals surface area contributed by atoms with Crippen molar-refractivity contribution in [3.05, 3.63) is 24.3 Å². The van der Waals surface area contributed by atoms with Crippen molar-refractivity contribution in [2.45, 2.75) is 18.3 Å². The summed E-state index contributed by atoms with van der Waals surface area (Å²) in [7, 11) is 0. The molecule has 1 aliphatic rings. The van der Waals surface area contributed by atoms with Crippen LogP contribution in [0.15, 0.2) is 24.3 Å². The van der Waals surface area contributed by atoms with Crippen LogP contribution in [0.2, 0.25) is 0 Å². The van der Waals surface area contributed by atoms with Crippen LogP contribution in [0.3, 0.4) is 0 Å². The summed E-state index contributed by atoms with van der Waals surface area (Å²) in [6.07, 6.45) is 8.26. The van der Waals surface area contributed by atoms with Crippen LogP contribution in [0.1, 0.15) is 13.3 Å². The van der Waals surface area contributed by atoms with Crippen LogP contribution >= 0.6 is 11.6 Å². The topological polar surface area (TPSA) is 49.8 Å². The van der Waals surface area contributed by atoms with Gasteiger partial charge in [0.2, 0.25) is 0 Å². The fourth-order valence-corrected chi connectivity index (χ4v) is 0.773. The quantitative estimate of drug-likeness (QED) is 0.446. The average molecular weight is 171 g/mol. The summed E-state index contributed by atoms with van der Waals surface area (Å²) in [5.74, 6) is 0. The summed E-state index contributed by atoms with van der Waals surface area (Å²) in [6.45, 7) is 1.43. The van der Waals surface area contributed by atoms with Crippen molar-refractivity contribution in [3.8, 4) is 6.07 Å². The monoisotopic (exact) mass is 170 g/mol. The summed E-state index contributed by atoms with van der Waals surface area (Å²) in [5.41, 5.74) is 5.51. The average Bonchev–Trinajstić information content (AvgIpc) is 1.88. The van der Waals surface area contributed by atoms with Crippen molar-refractivity contribution < 1.29 is 0 Å². The van der Waals surface area contributed by atoms with Crippen LogP contribution < -0.4 is 5.73 Å². The molecule has 0 saturated heterocycles. The van der Waals surface area contributed by atoms with E-state index in [-0.39, 0.29) is 0 Å². The highest BCUT2D eigenvalue weighted by Gasteiger charge is 2.15. The van der Waals surface area contributed by atoms with Gasteiger partial charge in [-0.25, -0.2) is 0 Å². The third kappa shape index (κ3) is 5.65. The lowest BCUT2D eigenvalue weighted by Gasteiger charge is -2.16. The molecule has 0 aromatic carbocycles. The zero-order valence-electron chi connectivity index (χ0n) is 6.42. The molecular formula is C8H11ClN2. The number of nitriles is 1. The molecule has 1 aliphatic carbocycles. The van der Waals surface area contributed by atoms with Crippen molar-refractivity contribution in [2.24, 2.45) is 5.73 Å². The minimum absolute atomic E-state index is 0.616. The Hall–Kier alpha value is -0.780. The highest BCUT2D eigenvalue weighted by molar-refractivity contribution is 6.25. The normalized spacial score (nSPS) is 26.7. The molecule has 0 amide bonds. The summed E-state index contributed by atoms with van der Waals surface area (Å²) in [5, 5.41) is 7.32. The number of nitrogens with two attached hydrogens (primary N) is 1. The predicted molar refractivity (Wildman–Crippen MR) is 47.0 cm³/mol. The molecule has 0 aromatic rings. The van der Waals surface area contributed by atoms with Crippen LogP contribution in [-0.4, -0.2) is 5.00 Å². The molecule has 1 rings (SSSR count). The Morgan fingerprint density at radius 1 is 1.64 bits per heavy atom. The third-order valence-electron chi connectivity index (χ3n) is 1.05. The van der Waals surface area contributed by atoms with E-state index in [2.05, 4.69) is 0 Å². The number of hydrogen-bond donors (Lipinski definition) is 1. The number of hydrogen-bond acceptors (Lipinski definition) is 2. The number of rotatable bonds is 0. The molecule has 0 heterocycles. The van der Waals surface area contributed by atoms with E-state index in [1.165, 1.54) is 6.92 Å². The van der Waals surface area contributed by atoms with Crippen molar-refractivity contribution in [3.63, 3.8) is 0 Å². The smallest absolute Gasteiger partial charge is 0.113 e. The fourth-order valence-electron chi connectivity index (χ4n) is 0.611. The van der Waals surface area contributed by atoms with E-state index in [1.54, 1.807) is 12.1 Å². The first-order valence-electron chi connectivity index (χ1n) is 3.25. The Morgan fingerprint density at radius 3 is 2.36 bits per heavy atom. The van der Waals surface area contributed by atoms with Crippen molar-refractivity contribution >= 4 is 11.6 Å². The second-order valence-corrected chi connectivity index (χ2v) is 2.85. The Kier molecular flexibility index (Phi) is 4.60. The molecule has 0 fully saturated rings. The minimum atomic E-state index is -0.616. The van der Waals surface area contributed by atoms with Gasteiger partial charge in [-0.05, 0) is 6.08 Å². The standard InChI is InChI=1S/C6H8ClN.C2H3N/c7-6(8)4-2-1-3-5-6;1-2-3/h1-4H,5,8H2;1H3. The first-order chi connectivity index (χ1) is 5.12. The van der Waals surface area contributed by atoms with Gasteiger partial charge in [0.1, 0.15) is 5.00 Å². The molecule has 2 N–H and O–H groups in total. The Morgan fingerprint density at radius 2 is 2.18 bits per heavy atom. The van der Waals surface area contributed by atoms with Gasteiger partial charge in [-0.1, -0.05) is 29.8 Å². The summed E-state index contributed by atoms with van der Waals surface area (Å²) in [4.78, 5) is -0.616. The molecule has 0 saturated carbocycles. The third-order valence-corrected chi connectivity index (χ3v) is 1.33. The van der Waals surface area contributed by atoms with Gasteiger partial charge in [0.15, 0.2) is 0 Å². The lowest BCUT2D eigenvalue weighted by Crippen LogP contribution is -2.30. The van der Waals surface area contributed by atoms with Crippen LogP contribution in [-0.2, 0) is 0 Å². The molecule has 1 unspecified atom stereocenters. The van der Waals surface area contributed by atoms with Gasteiger partial charge in [0.25, 0.3) is 0 Å². The zero-order chi connectivity index (χ0) is 8.74. The second-order valence-electron chi connectivity index (χ2n) is 2.14. The van der Waals surface area contributed by atoms with E-state index in [4.69, 9.17) is 22.6 Å². The molecule has 0 aliphatic heterocycles. The molecule has 0 radical (unpaired) electrons. The van der Waals surface area contributed by atoms with Gasteiger partial charge in [-0.15, -0.1) is 0 Å². The maximum absolute atomic E-state index is 7.32. The maximum atomic E-state index is 7.32. The summed E-state index contributed by atoms with van der Waals surface area (Å²) in [6, 6.07) is 1.75. The minimum Gasteiger partial charge on any atom is -0.309 e. The van der Waals surface area contributed by atoms with Crippen molar-refractivity contribution in [1.29, 1.82) is 5.26 Å². The van der Waals surface area contributed by atoms with E-state index in [0.717, 1.165) is 6.42 Å². The first kappa shape index (κ1) is 10.2. The molecule has 1 atom stereocenters. The predicted octanol–water partition coefficient (Wildman–Crippen LogP) is 1.93. The van der Waals surface area contributed by atoms with Crippen LogP contribution in [0.25, 0.3) is 0 Å². The SMILES string of the molecule is CC#N.NC1(Cl)C=CC=CC1. The maximum Gasteiger partial charge on any atom is 0.113 e. The first-order valence-corrected chi connectivity index (χ1v) is 3.63. The van der Waals surface area contributed by atoms with Crippen LogP contribution in [0.5, 0.6) is 0 Å². The number of nitrogens with zero attached hydrogens (tertiary/aromatic N) is 1. The molecular weight excluding hydrogens is 160 g/mol. The fraction of sp³-hybridized carbons (Fsp3) is 0.375. The van der Waals surface area contributed by atoms with Gasteiger partial charge in [0.05, 0.1) is 6.07 Å². The number of halogens is 1. The molecule has 60 valence electrons. The van der Waals surface area contributed by atoms with Crippen molar-refractivity contribution in [2.75, 3.05) is 0 Å². The van der Waals surface area contributed by atoms with Gasteiger partial charge in [-0.2, -0.15) is 5.26 Å². The van der Waals surface area contributed by atoms with Crippen molar-refractivity contribution in [1.82, 2.24) is 0 Å². The summed E-state index contributed by atoms with van der Waals surface area (Å²) >= 11 is 5.71. The Balaban J connectivity index is 0.000000292. The van der Waals surface area contributed by atoms with Gasteiger partial charge < -0.3 is 5.73 Å². The van der Waals surface area contributed by atoms with E-state index >= 15 is 0 Å². The van der Waals surface area contributed by atoms with Crippen LogP contribution in [0.4, 0.5) is 0 Å². The Bertz CT molecular complexity index is 199. The van der Waals surface area contributed by atoms with Gasteiger partial charge in [-0.3, -0.25) is 0 Å². The molecule has 3 heteroatoms. The van der Waals surface area contributed by atoms with E-state index in [1.807, 2.05) is 18.2 Å². The number of alkyl halides is 1. The lowest BCUT2D eigenvalue weighted by atomic mass is 10.1. The van der Waals surface area contributed by atoms with E-state index < -0.39 is 5.00 Å². The van der Waals surface area contributed by atoms with E-state index in [0.29, 0.717) is 0 Å². The largest absolute Gasteiger partial charge is 0.309 e. The van der Waals surface area contributed by atoms with Gasteiger partial charge >= 0.3 is 0 Å². The highest BCUT2D eigenvalue weighted by atomic mass is 35.5. The Labute approximate surface area is 72.0 Å². The van der Waals surface area contributed by atoms with Crippen LogP contribution in [0, 0.1) is 11.3 Å².